The van der Waals surface area contributed by atoms with Gasteiger partial charge in [-0.05, 0) is 46.2 Å². The van der Waals surface area contributed by atoms with Gasteiger partial charge in [-0.2, -0.15) is 0 Å². The Morgan fingerprint density at radius 3 is 2.39 bits per heavy atom. The largest absolute Gasteiger partial charge is 0.374 e. The standard InChI is InChI=1S/C14H21N3O5S/c1-13(2)8-12(14(3,4)22-13)16-10-6-5-9(23(15,20)21)7-11(10)17(18)19/h5-7,12,16H,8H2,1-4H3,(H2,15,20,21). The van der Waals surface area contributed by atoms with Crippen LogP contribution in [0.4, 0.5) is 11.4 Å². The fourth-order valence-electron chi connectivity index (χ4n) is 2.94. The third kappa shape index (κ3) is 3.80. The van der Waals surface area contributed by atoms with Crippen molar-refractivity contribution >= 4 is 21.4 Å². The smallest absolute Gasteiger partial charge is 0.293 e. The van der Waals surface area contributed by atoms with Gasteiger partial charge < -0.3 is 10.1 Å². The molecule has 0 saturated carbocycles. The maximum absolute atomic E-state index is 11.4. The number of nitro benzene ring substituents is 1. The second-order valence-corrected chi connectivity index (χ2v) is 8.41. The molecule has 0 radical (unpaired) electrons. The van der Waals surface area contributed by atoms with Gasteiger partial charge in [0.1, 0.15) is 5.69 Å². The van der Waals surface area contributed by atoms with Crippen LogP contribution in [0.25, 0.3) is 0 Å². The maximum Gasteiger partial charge on any atom is 0.293 e. The Balaban J connectivity index is 2.39. The molecule has 1 heterocycles. The lowest BCUT2D eigenvalue weighted by Crippen LogP contribution is -2.38. The second-order valence-electron chi connectivity index (χ2n) is 6.85. The van der Waals surface area contributed by atoms with Crippen molar-refractivity contribution in [1.82, 2.24) is 0 Å². The number of nitrogens with zero attached hydrogens (tertiary/aromatic N) is 1. The van der Waals surface area contributed by atoms with Gasteiger partial charge in [-0.3, -0.25) is 10.1 Å². The first-order valence-electron chi connectivity index (χ1n) is 7.10. The molecule has 0 amide bonds. The molecule has 0 spiro atoms. The van der Waals surface area contributed by atoms with E-state index in [0.29, 0.717) is 6.42 Å². The van der Waals surface area contributed by atoms with Crippen molar-refractivity contribution in [2.45, 2.75) is 56.3 Å². The normalized spacial score (nSPS) is 22.7. The Labute approximate surface area is 135 Å². The van der Waals surface area contributed by atoms with Crippen molar-refractivity contribution in [2.24, 2.45) is 5.14 Å². The number of nitro groups is 1. The number of anilines is 1. The summed E-state index contributed by atoms with van der Waals surface area (Å²) in [5.41, 5.74) is -0.967. The number of nitrogens with one attached hydrogen (secondary N) is 1. The van der Waals surface area contributed by atoms with E-state index in [9.17, 15) is 18.5 Å². The molecule has 1 atom stereocenters. The van der Waals surface area contributed by atoms with Crippen molar-refractivity contribution in [2.75, 3.05) is 5.32 Å². The molecule has 23 heavy (non-hydrogen) atoms. The monoisotopic (exact) mass is 343 g/mol. The number of rotatable bonds is 4. The van der Waals surface area contributed by atoms with Crippen LogP contribution in [0.5, 0.6) is 0 Å². The third-order valence-electron chi connectivity index (χ3n) is 3.90. The van der Waals surface area contributed by atoms with Gasteiger partial charge in [-0.25, -0.2) is 13.6 Å². The Morgan fingerprint density at radius 2 is 1.96 bits per heavy atom. The Bertz CT molecular complexity index is 743. The van der Waals surface area contributed by atoms with Crippen LogP contribution in [0.3, 0.4) is 0 Å². The molecule has 2 rings (SSSR count). The number of ether oxygens (including phenoxy) is 1. The Hall–Kier alpha value is -1.71. The Morgan fingerprint density at radius 1 is 1.35 bits per heavy atom. The van der Waals surface area contributed by atoms with Crippen molar-refractivity contribution in [3.8, 4) is 0 Å². The van der Waals surface area contributed by atoms with Gasteiger partial charge in [-0.1, -0.05) is 0 Å². The van der Waals surface area contributed by atoms with Crippen LogP contribution < -0.4 is 10.5 Å². The van der Waals surface area contributed by atoms with Crippen molar-refractivity contribution in [3.63, 3.8) is 0 Å². The minimum Gasteiger partial charge on any atom is -0.374 e. The Kier molecular flexibility index (Phi) is 4.16. The molecule has 1 saturated heterocycles. The molecule has 0 aliphatic carbocycles. The molecule has 1 aromatic rings. The lowest BCUT2D eigenvalue weighted by molar-refractivity contribution is -0.384. The van der Waals surface area contributed by atoms with Crippen LogP contribution >= 0.6 is 0 Å². The first-order valence-corrected chi connectivity index (χ1v) is 8.64. The lowest BCUT2D eigenvalue weighted by Gasteiger charge is -2.28. The van der Waals surface area contributed by atoms with Crippen LogP contribution in [-0.4, -0.2) is 30.6 Å². The summed E-state index contributed by atoms with van der Waals surface area (Å²) in [6.07, 6.45) is 0.661. The van der Waals surface area contributed by atoms with E-state index in [-0.39, 0.29) is 27.9 Å². The molecule has 9 heteroatoms. The molecular formula is C14H21N3O5S. The SMILES string of the molecule is CC1(C)CC(Nc2ccc(S(N)(=O)=O)cc2[N+](=O)[O-])C(C)(C)O1. The summed E-state index contributed by atoms with van der Waals surface area (Å²) in [7, 11) is -4.00. The highest BCUT2D eigenvalue weighted by atomic mass is 32.2. The van der Waals surface area contributed by atoms with E-state index in [2.05, 4.69) is 5.32 Å². The zero-order valence-corrected chi connectivity index (χ0v) is 14.3. The van der Waals surface area contributed by atoms with Crippen LogP contribution in [0.2, 0.25) is 0 Å². The number of hydrogen-bond donors (Lipinski definition) is 2. The van der Waals surface area contributed by atoms with Gasteiger partial charge in [0.2, 0.25) is 10.0 Å². The highest BCUT2D eigenvalue weighted by Crippen LogP contribution is 2.40. The summed E-state index contributed by atoms with van der Waals surface area (Å²) in [5, 5.41) is 19.4. The molecule has 1 fully saturated rings. The van der Waals surface area contributed by atoms with Crippen LogP contribution in [0.15, 0.2) is 23.1 Å². The quantitative estimate of drug-likeness (QED) is 0.636. The molecule has 3 N–H and O–H groups in total. The summed E-state index contributed by atoms with van der Waals surface area (Å²) in [5.74, 6) is 0. The summed E-state index contributed by atoms with van der Waals surface area (Å²) in [6.45, 7) is 7.72. The average molecular weight is 343 g/mol. The number of sulfonamides is 1. The summed E-state index contributed by atoms with van der Waals surface area (Å²) >= 11 is 0. The zero-order chi connectivity index (χ0) is 17.6. The van der Waals surface area contributed by atoms with E-state index >= 15 is 0 Å². The van der Waals surface area contributed by atoms with E-state index in [0.717, 1.165) is 6.07 Å². The van der Waals surface area contributed by atoms with Gasteiger partial charge in [0.25, 0.3) is 5.69 Å². The second kappa shape index (κ2) is 5.43. The van der Waals surface area contributed by atoms with Crippen LogP contribution in [0, 0.1) is 10.1 Å². The fourth-order valence-corrected chi connectivity index (χ4v) is 3.47. The topological polar surface area (TPSA) is 125 Å². The molecule has 128 valence electrons. The molecule has 1 aromatic carbocycles. The summed E-state index contributed by atoms with van der Waals surface area (Å²) < 4.78 is 28.7. The first kappa shape index (κ1) is 17.6. The van der Waals surface area contributed by atoms with Crippen molar-refractivity contribution in [1.29, 1.82) is 0 Å². The van der Waals surface area contributed by atoms with Crippen molar-refractivity contribution < 1.29 is 18.1 Å². The maximum atomic E-state index is 11.4. The average Bonchev–Trinajstić information content (AvgIpc) is 2.55. The van der Waals surface area contributed by atoms with Gasteiger partial charge in [0, 0.05) is 6.07 Å². The number of benzene rings is 1. The molecule has 1 aliphatic rings. The number of hydrogen-bond acceptors (Lipinski definition) is 6. The zero-order valence-electron chi connectivity index (χ0n) is 13.5. The lowest BCUT2D eigenvalue weighted by atomic mass is 9.94. The predicted octanol–water partition coefficient (Wildman–Crippen LogP) is 2.00. The van der Waals surface area contributed by atoms with Gasteiger partial charge in [-0.15, -0.1) is 0 Å². The third-order valence-corrected chi connectivity index (χ3v) is 4.81. The van der Waals surface area contributed by atoms with Gasteiger partial charge in [0.05, 0.1) is 27.1 Å². The minimum absolute atomic E-state index is 0.156. The molecule has 8 nitrogen and oxygen atoms in total. The van der Waals surface area contributed by atoms with Crippen LogP contribution in [-0.2, 0) is 14.8 Å². The van der Waals surface area contributed by atoms with E-state index in [1.807, 2.05) is 27.7 Å². The molecule has 0 aromatic heterocycles. The molecule has 1 unspecified atom stereocenters. The van der Waals surface area contributed by atoms with Gasteiger partial charge >= 0.3 is 0 Å². The minimum atomic E-state index is -4.00. The summed E-state index contributed by atoms with van der Waals surface area (Å²) in [4.78, 5) is 10.3. The van der Waals surface area contributed by atoms with E-state index in [4.69, 9.17) is 9.88 Å². The fraction of sp³-hybridized carbons (Fsp3) is 0.571. The van der Waals surface area contributed by atoms with E-state index in [1.54, 1.807) is 0 Å². The predicted molar refractivity (Wildman–Crippen MR) is 85.7 cm³/mol. The number of nitrogens with two attached hydrogens (primary N) is 1. The highest BCUT2D eigenvalue weighted by molar-refractivity contribution is 7.89. The number of primary sulfonamides is 1. The van der Waals surface area contributed by atoms with Crippen LogP contribution in [0.1, 0.15) is 34.1 Å². The summed E-state index contributed by atoms with van der Waals surface area (Å²) in [6, 6.07) is 3.42. The highest BCUT2D eigenvalue weighted by Gasteiger charge is 2.46. The molecule has 0 bridgehead atoms. The molecule has 1 aliphatic heterocycles. The van der Waals surface area contributed by atoms with E-state index in [1.165, 1.54) is 12.1 Å². The first-order chi connectivity index (χ1) is 10.3. The molecular weight excluding hydrogens is 322 g/mol. The van der Waals surface area contributed by atoms with Gasteiger partial charge in [0.15, 0.2) is 0 Å². The van der Waals surface area contributed by atoms with Crippen molar-refractivity contribution in [3.05, 3.63) is 28.3 Å². The van der Waals surface area contributed by atoms with E-state index < -0.39 is 20.5 Å².